The van der Waals surface area contributed by atoms with E-state index in [1.807, 2.05) is 36.4 Å². The maximum absolute atomic E-state index is 12.4. The average Bonchev–Trinajstić information content (AvgIpc) is 3.31. The minimum atomic E-state index is -4.54. The molecule has 4 aromatic rings. The van der Waals surface area contributed by atoms with Crippen LogP contribution in [-0.2, 0) is 65.4 Å². The molecule has 4 rings (SSSR count). The van der Waals surface area contributed by atoms with Crippen LogP contribution >= 0.6 is 0 Å². The van der Waals surface area contributed by atoms with Crippen LogP contribution in [0.5, 0.6) is 0 Å². The Hall–Kier alpha value is -2.16. The van der Waals surface area contributed by atoms with Crippen molar-refractivity contribution in [2.75, 3.05) is 0 Å². The predicted octanol–water partition coefficient (Wildman–Crippen LogP) is 18.2. The fourth-order valence-electron chi connectivity index (χ4n) is 10.2. The van der Waals surface area contributed by atoms with Crippen LogP contribution in [0.2, 0.25) is 0 Å². The molecule has 0 aliphatic rings. The van der Waals surface area contributed by atoms with E-state index in [2.05, 4.69) is 39.8 Å². The van der Waals surface area contributed by atoms with Crippen molar-refractivity contribution >= 4 is 41.8 Å². The molecule has 0 spiro atoms. The minimum absolute atomic E-state index is 0. The Morgan fingerprint density at radius 2 is 0.565 bits per heavy atom. The predicted molar refractivity (Wildman–Crippen MR) is 289 cm³/mol. The number of hydrogen-bond acceptors (Lipinski definition) is 6. The van der Waals surface area contributed by atoms with E-state index in [0.717, 1.165) is 97.2 Å². The zero-order valence-corrected chi connectivity index (χ0v) is 48.8. The summed E-state index contributed by atoms with van der Waals surface area (Å²) >= 11 is 0. The molecule has 6 nitrogen and oxygen atoms in total. The number of rotatable bonds is 38. The van der Waals surface area contributed by atoms with Crippen LogP contribution in [0.15, 0.2) is 70.5 Å². The molecule has 0 amide bonds. The summed E-state index contributed by atoms with van der Waals surface area (Å²) in [7, 11) is -9.08. The first kappa shape index (κ1) is 63.0. The number of benzene rings is 4. The van der Waals surface area contributed by atoms with Crippen molar-refractivity contribution in [3.8, 4) is 0 Å². The van der Waals surface area contributed by atoms with Crippen molar-refractivity contribution in [2.24, 2.45) is 0 Å². The van der Waals surface area contributed by atoms with Crippen LogP contribution in [0.25, 0.3) is 21.5 Å². The molecule has 0 N–H and O–H groups in total. The van der Waals surface area contributed by atoms with Crippen molar-refractivity contribution in [3.05, 3.63) is 82.9 Å². The van der Waals surface area contributed by atoms with Gasteiger partial charge in [0.15, 0.2) is 0 Å². The second kappa shape index (κ2) is 37.6. The van der Waals surface area contributed by atoms with Crippen molar-refractivity contribution in [2.45, 2.75) is 269 Å². The van der Waals surface area contributed by atoms with Crippen molar-refractivity contribution in [1.82, 2.24) is 0 Å². The van der Waals surface area contributed by atoms with Gasteiger partial charge in [0, 0.05) is 0 Å². The number of unbranched alkanes of at least 4 members (excludes halogenated alkanes) is 28. The van der Waals surface area contributed by atoms with Crippen molar-refractivity contribution in [1.29, 1.82) is 0 Å². The van der Waals surface area contributed by atoms with E-state index in [1.165, 1.54) is 154 Å². The summed E-state index contributed by atoms with van der Waals surface area (Å²) in [6.07, 6.45) is 42.3. The summed E-state index contributed by atoms with van der Waals surface area (Å²) in [5.74, 6) is 0. The first-order valence-corrected chi connectivity index (χ1v) is 30.8. The van der Waals surface area contributed by atoms with Gasteiger partial charge < -0.3 is 9.11 Å². The zero-order chi connectivity index (χ0) is 49.3. The quantitative estimate of drug-likeness (QED) is 0.0251. The second-order valence-electron chi connectivity index (χ2n) is 19.9. The van der Waals surface area contributed by atoms with Crippen molar-refractivity contribution < 1.29 is 45.4 Å². The number of fused-ring (bicyclic) bond motifs is 2. The van der Waals surface area contributed by atoms with E-state index in [1.54, 1.807) is 12.1 Å². The second-order valence-corrected chi connectivity index (χ2v) is 22.6. The molecule has 0 fully saturated rings. The van der Waals surface area contributed by atoms with Gasteiger partial charge in [-0.3, -0.25) is 0 Å². The molecule has 384 valence electrons. The molecule has 0 heterocycles. The standard InChI is InChI=1S/2C30H48O3S.Zn/c2*1-3-5-7-9-11-13-15-17-21-26-25-27-22-19-20-24-29(27)30(34(31,32)33)28(26)23-18-16-14-12-10-8-6-4-2;/h2*19-20,22,24-25H,3-18,21,23H2,1-2H3,(H,31,32,33);/q;;+2/p-2. The average molecular weight is 1040 g/mol. The third kappa shape index (κ3) is 24.9. The van der Waals surface area contributed by atoms with Gasteiger partial charge in [-0.2, -0.15) is 0 Å². The molecular weight excluding hydrogens is 946 g/mol. The summed E-state index contributed by atoms with van der Waals surface area (Å²) < 4.78 is 74.4. The van der Waals surface area contributed by atoms with Gasteiger partial charge >= 0.3 is 19.5 Å². The Kier molecular flexibility index (Phi) is 34.3. The summed E-state index contributed by atoms with van der Waals surface area (Å²) in [4.78, 5) is 0.0891. The first-order chi connectivity index (χ1) is 33.0. The van der Waals surface area contributed by atoms with Crippen LogP contribution in [-0.4, -0.2) is 25.9 Å². The molecule has 0 saturated heterocycles. The van der Waals surface area contributed by atoms with Crippen LogP contribution < -0.4 is 0 Å². The topological polar surface area (TPSA) is 114 Å². The van der Waals surface area contributed by atoms with Crippen LogP contribution in [0.3, 0.4) is 0 Å². The fourth-order valence-corrected chi connectivity index (χ4v) is 12.1. The van der Waals surface area contributed by atoms with E-state index < -0.39 is 20.2 Å². The molecule has 0 atom stereocenters. The van der Waals surface area contributed by atoms with Gasteiger partial charge in [-0.25, -0.2) is 16.8 Å². The van der Waals surface area contributed by atoms with E-state index in [0.29, 0.717) is 23.6 Å². The van der Waals surface area contributed by atoms with Gasteiger partial charge in [-0.05, 0) is 95.2 Å². The third-order valence-corrected chi connectivity index (χ3v) is 16.0. The molecule has 0 aliphatic carbocycles. The van der Waals surface area contributed by atoms with E-state index in [9.17, 15) is 25.9 Å². The minimum Gasteiger partial charge on any atom is -0.744 e. The maximum atomic E-state index is 12.4. The van der Waals surface area contributed by atoms with Crippen LogP contribution in [0.1, 0.15) is 255 Å². The van der Waals surface area contributed by atoms with E-state index in [-0.39, 0.29) is 29.3 Å². The molecule has 0 bridgehead atoms. The Labute approximate surface area is 436 Å². The maximum Gasteiger partial charge on any atom is 2.00 e. The molecule has 9 heteroatoms. The van der Waals surface area contributed by atoms with Crippen molar-refractivity contribution in [3.63, 3.8) is 0 Å². The third-order valence-electron chi connectivity index (χ3n) is 14.1. The summed E-state index contributed by atoms with van der Waals surface area (Å²) in [6, 6.07) is 19.2. The summed E-state index contributed by atoms with van der Waals surface area (Å²) in [5, 5.41) is 2.91. The molecule has 69 heavy (non-hydrogen) atoms. The monoisotopic (exact) mass is 1040 g/mol. The summed E-state index contributed by atoms with van der Waals surface area (Å²) in [6.45, 7) is 8.95. The Morgan fingerprint density at radius 1 is 0.333 bits per heavy atom. The largest absolute Gasteiger partial charge is 2.00 e. The normalized spacial score (nSPS) is 11.8. The molecular formula is C60H94O6S2Zn. The molecule has 0 aromatic heterocycles. The van der Waals surface area contributed by atoms with E-state index in [4.69, 9.17) is 0 Å². The van der Waals surface area contributed by atoms with Gasteiger partial charge in [0.1, 0.15) is 20.2 Å². The van der Waals surface area contributed by atoms with Crippen LogP contribution in [0, 0.1) is 0 Å². The van der Waals surface area contributed by atoms with E-state index >= 15 is 0 Å². The van der Waals surface area contributed by atoms with Gasteiger partial charge in [0.25, 0.3) is 0 Å². The smallest absolute Gasteiger partial charge is 0.744 e. The molecule has 0 radical (unpaired) electrons. The summed E-state index contributed by atoms with van der Waals surface area (Å²) in [5.41, 5.74) is 3.73. The fraction of sp³-hybridized carbons (Fsp3) is 0.667. The van der Waals surface area contributed by atoms with Gasteiger partial charge in [0.05, 0.1) is 9.79 Å². The Balaban J connectivity index is 0.000000467. The number of hydrogen-bond donors (Lipinski definition) is 0. The number of aryl methyl sites for hydroxylation is 2. The molecule has 0 aliphatic heterocycles. The molecule has 4 aromatic carbocycles. The Morgan fingerprint density at radius 3 is 0.826 bits per heavy atom. The van der Waals surface area contributed by atoms with Crippen LogP contribution in [0.4, 0.5) is 0 Å². The SMILES string of the molecule is CCCCCCCCCCc1cc2ccccc2c(S(=O)(=O)[O-])c1CCCCCCCCCC.CCCCCCCCCCc1cc2ccccc2c(S(=O)(=O)[O-])c1CCCCCCCCCC.[Zn+2]. The van der Waals surface area contributed by atoms with Gasteiger partial charge in [-0.15, -0.1) is 0 Å². The van der Waals surface area contributed by atoms with Gasteiger partial charge in [0.2, 0.25) is 0 Å². The van der Waals surface area contributed by atoms with Gasteiger partial charge in [-0.1, -0.05) is 268 Å². The zero-order valence-electron chi connectivity index (χ0n) is 44.2. The molecule has 0 saturated carbocycles. The Bertz CT molecular complexity index is 2030. The first-order valence-electron chi connectivity index (χ1n) is 28.0. The molecule has 0 unspecified atom stereocenters.